The number of nitrogens with one attached hydrogen (secondary N) is 1. The van der Waals surface area contributed by atoms with Gasteiger partial charge in [-0.15, -0.1) is 12.4 Å². The minimum atomic E-state index is -0.375. The first-order valence-corrected chi connectivity index (χ1v) is 5.85. The van der Waals surface area contributed by atoms with Gasteiger partial charge in [0.2, 0.25) is 0 Å². The van der Waals surface area contributed by atoms with E-state index in [2.05, 4.69) is 5.32 Å². The van der Waals surface area contributed by atoms with Crippen LogP contribution in [0.4, 0.5) is 11.4 Å². The Balaban J connectivity index is 0.00000162. The van der Waals surface area contributed by atoms with E-state index in [4.69, 9.17) is 0 Å². The van der Waals surface area contributed by atoms with Crippen LogP contribution in [0.3, 0.4) is 0 Å². The number of aliphatic hydroxyl groups is 1. The number of aliphatic hydroxyl groups excluding tert-OH is 1. The van der Waals surface area contributed by atoms with Gasteiger partial charge in [0, 0.05) is 12.1 Å². The number of nitro groups is 1. The predicted molar refractivity (Wildman–Crippen MR) is 72.2 cm³/mol. The summed E-state index contributed by atoms with van der Waals surface area (Å²) in [6.45, 7) is 0. The number of rotatable bonds is 3. The molecule has 1 aliphatic rings. The van der Waals surface area contributed by atoms with Crippen LogP contribution in [0.5, 0.6) is 0 Å². The van der Waals surface area contributed by atoms with Gasteiger partial charge in [0.1, 0.15) is 5.69 Å². The van der Waals surface area contributed by atoms with Crippen molar-refractivity contribution in [3.05, 3.63) is 34.4 Å². The molecule has 1 saturated carbocycles. The Morgan fingerprint density at radius 2 is 1.83 bits per heavy atom. The molecule has 0 heterocycles. The largest absolute Gasteiger partial charge is 0.393 e. The van der Waals surface area contributed by atoms with Crippen LogP contribution in [0.25, 0.3) is 0 Å². The number of para-hydroxylation sites is 2. The average molecular weight is 273 g/mol. The zero-order chi connectivity index (χ0) is 12.3. The van der Waals surface area contributed by atoms with E-state index in [1.807, 2.05) is 0 Å². The molecule has 0 aromatic heterocycles. The number of hydrogen-bond donors (Lipinski definition) is 2. The van der Waals surface area contributed by atoms with E-state index in [9.17, 15) is 15.2 Å². The highest BCUT2D eigenvalue weighted by molar-refractivity contribution is 5.85. The van der Waals surface area contributed by atoms with Crippen molar-refractivity contribution < 1.29 is 10.0 Å². The monoisotopic (exact) mass is 272 g/mol. The van der Waals surface area contributed by atoms with E-state index in [-0.39, 0.29) is 35.2 Å². The molecule has 1 aromatic carbocycles. The molecular weight excluding hydrogens is 256 g/mol. The number of anilines is 1. The SMILES string of the molecule is Cl.O=[N+]([O-])c1ccccc1N[C@H]1CC[C@H](O)CC1. The first-order valence-electron chi connectivity index (χ1n) is 5.85. The predicted octanol–water partition coefficient (Wildman–Crippen LogP) is 2.73. The van der Waals surface area contributed by atoms with Crippen LogP contribution >= 0.6 is 12.4 Å². The summed E-state index contributed by atoms with van der Waals surface area (Å²) >= 11 is 0. The Bertz CT molecular complexity index is 406. The molecule has 0 spiro atoms. The van der Waals surface area contributed by atoms with E-state index < -0.39 is 0 Å². The van der Waals surface area contributed by atoms with Crippen LogP contribution in [0.2, 0.25) is 0 Å². The summed E-state index contributed by atoms with van der Waals surface area (Å²) in [4.78, 5) is 10.5. The van der Waals surface area contributed by atoms with Crippen molar-refractivity contribution >= 4 is 23.8 Å². The van der Waals surface area contributed by atoms with Gasteiger partial charge in [-0.25, -0.2) is 0 Å². The molecule has 0 saturated heterocycles. The number of nitrogens with zero attached hydrogens (tertiary/aromatic N) is 1. The van der Waals surface area contributed by atoms with Crippen LogP contribution in [0, 0.1) is 10.1 Å². The van der Waals surface area contributed by atoms with Crippen molar-refractivity contribution in [3.63, 3.8) is 0 Å². The standard InChI is InChI=1S/C12H16N2O3.ClH/c15-10-7-5-9(6-8-10)13-11-3-1-2-4-12(11)14(16)17;/h1-4,9-10,13,15H,5-8H2;1H/t9-,10-;. The van der Waals surface area contributed by atoms with Gasteiger partial charge in [0.25, 0.3) is 5.69 Å². The van der Waals surface area contributed by atoms with E-state index in [1.165, 1.54) is 6.07 Å². The zero-order valence-electron chi connectivity index (χ0n) is 9.91. The molecule has 1 aliphatic carbocycles. The summed E-state index contributed by atoms with van der Waals surface area (Å²) in [6.07, 6.45) is 3.02. The molecule has 0 aliphatic heterocycles. The minimum absolute atomic E-state index is 0. The number of halogens is 1. The highest BCUT2D eigenvalue weighted by Crippen LogP contribution is 2.27. The van der Waals surface area contributed by atoms with Gasteiger partial charge in [0.05, 0.1) is 11.0 Å². The van der Waals surface area contributed by atoms with Gasteiger partial charge in [-0.2, -0.15) is 0 Å². The summed E-state index contributed by atoms with van der Waals surface area (Å²) in [5.74, 6) is 0. The van der Waals surface area contributed by atoms with E-state index in [0.29, 0.717) is 5.69 Å². The molecule has 0 unspecified atom stereocenters. The highest BCUT2D eigenvalue weighted by Gasteiger charge is 2.21. The minimum Gasteiger partial charge on any atom is -0.393 e. The molecule has 6 heteroatoms. The molecule has 0 amide bonds. The van der Waals surface area contributed by atoms with E-state index in [0.717, 1.165) is 25.7 Å². The van der Waals surface area contributed by atoms with Crippen LogP contribution in [-0.2, 0) is 0 Å². The van der Waals surface area contributed by atoms with Crippen LogP contribution in [0.15, 0.2) is 24.3 Å². The Morgan fingerprint density at radius 3 is 2.44 bits per heavy atom. The van der Waals surface area contributed by atoms with Crippen LogP contribution in [0.1, 0.15) is 25.7 Å². The number of hydrogen-bond acceptors (Lipinski definition) is 4. The van der Waals surface area contributed by atoms with Crippen molar-refractivity contribution in [1.29, 1.82) is 0 Å². The van der Waals surface area contributed by atoms with Gasteiger partial charge in [-0.1, -0.05) is 12.1 Å². The lowest BCUT2D eigenvalue weighted by molar-refractivity contribution is -0.384. The van der Waals surface area contributed by atoms with Crippen LogP contribution in [-0.4, -0.2) is 22.2 Å². The molecule has 100 valence electrons. The second kappa shape index (κ2) is 6.56. The molecule has 1 fully saturated rings. The zero-order valence-corrected chi connectivity index (χ0v) is 10.7. The Labute approximate surface area is 112 Å². The lowest BCUT2D eigenvalue weighted by atomic mass is 9.93. The molecule has 2 rings (SSSR count). The third-order valence-corrected chi connectivity index (χ3v) is 3.16. The third kappa shape index (κ3) is 3.58. The van der Waals surface area contributed by atoms with Crippen molar-refractivity contribution in [3.8, 4) is 0 Å². The van der Waals surface area contributed by atoms with Gasteiger partial charge in [-0.05, 0) is 31.7 Å². The topological polar surface area (TPSA) is 75.4 Å². The van der Waals surface area contributed by atoms with Crippen molar-refractivity contribution in [2.24, 2.45) is 0 Å². The van der Waals surface area contributed by atoms with Gasteiger partial charge in [0.15, 0.2) is 0 Å². The summed E-state index contributed by atoms with van der Waals surface area (Å²) in [5.41, 5.74) is 0.678. The fourth-order valence-electron chi connectivity index (χ4n) is 2.19. The van der Waals surface area contributed by atoms with Crippen molar-refractivity contribution in [2.45, 2.75) is 37.8 Å². The number of benzene rings is 1. The summed E-state index contributed by atoms with van der Waals surface area (Å²) in [7, 11) is 0. The van der Waals surface area contributed by atoms with E-state index >= 15 is 0 Å². The van der Waals surface area contributed by atoms with E-state index in [1.54, 1.807) is 18.2 Å². The van der Waals surface area contributed by atoms with Crippen molar-refractivity contribution in [1.82, 2.24) is 0 Å². The van der Waals surface area contributed by atoms with Gasteiger partial charge < -0.3 is 10.4 Å². The second-order valence-corrected chi connectivity index (χ2v) is 4.42. The average Bonchev–Trinajstić information content (AvgIpc) is 2.32. The molecule has 2 N–H and O–H groups in total. The molecule has 5 nitrogen and oxygen atoms in total. The fraction of sp³-hybridized carbons (Fsp3) is 0.500. The smallest absolute Gasteiger partial charge is 0.292 e. The molecule has 18 heavy (non-hydrogen) atoms. The maximum Gasteiger partial charge on any atom is 0.292 e. The quantitative estimate of drug-likeness (QED) is 0.655. The Kier molecular flexibility index (Phi) is 5.37. The third-order valence-electron chi connectivity index (χ3n) is 3.16. The molecule has 0 radical (unpaired) electrons. The normalized spacial score (nSPS) is 22.9. The lowest BCUT2D eigenvalue weighted by Crippen LogP contribution is -2.28. The summed E-state index contributed by atoms with van der Waals surface area (Å²) in [5, 5.41) is 23.4. The molecular formula is C12H17ClN2O3. The van der Waals surface area contributed by atoms with Crippen LogP contribution < -0.4 is 5.32 Å². The fourth-order valence-corrected chi connectivity index (χ4v) is 2.19. The van der Waals surface area contributed by atoms with Gasteiger partial charge in [-0.3, -0.25) is 10.1 Å². The molecule has 0 atom stereocenters. The maximum atomic E-state index is 10.8. The lowest BCUT2D eigenvalue weighted by Gasteiger charge is -2.26. The first-order chi connectivity index (χ1) is 8.16. The Morgan fingerprint density at radius 1 is 1.22 bits per heavy atom. The highest BCUT2D eigenvalue weighted by atomic mass is 35.5. The van der Waals surface area contributed by atoms with Crippen molar-refractivity contribution in [2.75, 3.05) is 5.32 Å². The maximum absolute atomic E-state index is 10.8. The number of nitro benzene ring substituents is 1. The molecule has 1 aromatic rings. The van der Waals surface area contributed by atoms with Gasteiger partial charge >= 0.3 is 0 Å². The Hall–Kier alpha value is -1.33. The summed E-state index contributed by atoms with van der Waals surface area (Å²) in [6, 6.07) is 6.89. The first kappa shape index (κ1) is 14.7. The second-order valence-electron chi connectivity index (χ2n) is 4.42. The summed E-state index contributed by atoms with van der Waals surface area (Å²) < 4.78 is 0. The molecule has 0 bridgehead atoms.